The maximum Gasteiger partial charge on any atom is 0.239 e. The van der Waals surface area contributed by atoms with Crippen LogP contribution in [0.1, 0.15) is 25.7 Å². The molecule has 7 heteroatoms. The fourth-order valence-corrected chi connectivity index (χ4v) is 3.39. The van der Waals surface area contributed by atoms with Crippen molar-refractivity contribution < 1.29 is 0 Å². The third kappa shape index (κ3) is 2.82. The molecule has 0 aliphatic carbocycles. The summed E-state index contributed by atoms with van der Waals surface area (Å²) in [5.41, 5.74) is 2.48. The first-order valence-corrected chi connectivity index (χ1v) is 7.55. The van der Waals surface area contributed by atoms with Crippen molar-refractivity contribution in [2.45, 2.75) is 37.8 Å². The van der Waals surface area contributed by atoms with E-state index in [2.05, 4.69) is 41.5 Å². The van der Waals surface area contributed by atoms with Gasteiger partial charge >= 0.3 is 0 Å². The number of nitrogen functional groups attached to an aromatic ring is 1. The summed E-state index contributed by atoms with van der Waals surface area (Å²) in [4.78, 5) is 11.0. The van der Waals surface area contributed by atoms with Crippen LogP contribution < -0.4 is 16.6 Å². The van der Waals surface area contributed by atoms with E-state index in [1.165, 1.54) is 38.8 Å². The number of nitrogens with two attached hydrogens (primary N) is 1. The molecule has 2 fully saturated rings. The number of hydrazine groups is 1. The molecule has 2 aliphatic heterocycles. The highest BCUT2D eigenvalue weighted by Gasteiger charge is 2.31. The minimum absolute atomic E-state index is 0.434. The smallest absolute Gasteiger partial charge is 0.239 e. The number of piperidine rings is 1. The van der Waals surface area contributed by atoms with E-state index >= 15 is 0 Å². The van der Waals surface area contributed by atoms with Crippen LogP contribution in [0, 0.1) is 0 Å². The molecule has 104 valence electrons. The van der Waals surface area contributed by atoms with Crippen LogP contribution in [-0.2, 0) is 0 Å². The van der Waals surface area contributed by atoms with Gasteiger partial charge in [-0.25, -0.2) is 10.8 Å². The summed E-state index contributed by atoms with van der Waals surface area (Å²) < 4.78 is 0.875. The molecule has 2 atom stereocenters. The predicted molar refractivity (Wildman–Crippen MR) is 78.8 cm³/mol. The molecule has 0 saturated carbocycles. The predicted octanol–water partition coefficient (Wildman–Crippen LogP) is 1.56. The SMILES string of the molecule is NNc1ncc(Br)c(NC2CCN3CCCC3C2)n1. The van der Waals surface area contributed by atoms with Crippen molar-refractivity contribution in [3.05, 3.63) is 10.7 Å². The minimum Gasteiger partial charge on any atom is -0.366 e. The number of aromatic nitrogens is 2. The van der Waals surface area contributed by atoms with Crippen LogP contribution >= 0.6 is 15.9 Å². The zero-order valence-electron chi connectivity index (χ0n) is 10.8. The fraction of sp³-hybridized carbons (Fsp3) is 0.667. The van der Waals surface area contributed by atoms with Gasteiger partial charge in [-0.05, 0) is 48.2 Å². The maximum atomic E-state index is 5.35. The van der Waals surface area contributed by atoms with Gasteiger partial charge in [0.05, 0.1) is 4.47 Å². The molecule has 0 radical (unpaired) electrons. The average Bonchev–Trinajstić information content (AvgIpc) is 2.89. The molecule has 0 amide bonds. The molecule has 0 spiro atoms. The quantitative estimate of drug-likeness (QED) is 0.578. The van der Waals surface area contributed by atoms with Gasteiger partial charge in [-0.2, -0.15) is 4.98 Å². The van der Waals surface area contributed by atoms with E-state index in [4.69, 9.17) is 5.84 Å². The number of nitrogens with one attached hydrogen (secondary N) is 2. The Morgan fingerprint density at radius 3 is 3.11 bits per heavy atom. The number of rotatable bonds is 3. The van der Waals surface area contributed by atoms with Crippen molar-refractivity contribution in [1.29, 1.82) is 0 Å². The summed E-state index contributed by atoms with van der Waals surface area (Å²) >= 11 is 3.48. The van der Waals surface area contributed by atoms with Crippen LogP contribution in [0.5, 0.6) is 0 Å². The van der Waals surface area contributed by atoms with Crippen LogP contribution in [0.2, 0.25) is 0 Å². The second-order valence-electron chi connectivity index (χ2n) is 5.23. The number of fused-ring (bicyclic) bond motifs is 1. The molecule has 19 heavy (non-hydrogen) atoms. The lowest BCUT2D eigenvalue weighted by Crippen LogP contribution is -2.42. The fourth-order valence-electron chi connectivity index (χ4n) is 3.09. The van der Waals surface area contributed by atoms with E-state index in [0.29, 0.717) is 12.0 Å². The Bertz CT molecular complexity index is 454. The molecule has 1 aromatic heterocycles. The van der Waals surface area contributed by atoms with Gasteiger partial charge in [0.15, 0.2) is 0 Å². The molecule has 6 nitrogen and oxygen atoms in total. The van der Waals surface area contributed by atoms with Gasteiger partial charge in [0.2, 0.25) is 5.95 Å². The largest absolute Gasteiger partial charge is 0.366 e. The summed E-state index contributed by atoms with van der Waals surface area (Å²) in [5.74, 6) is 6.60. The van der Waals surface area contributed by atoms with Gasteiger partial charge in [0, 0.05) is 24.8 Å². The number of hydrogen-bond donors (Lipinski definition) is 3. The number of anilines is 2. The highest BCUT2D eigenvalue weighted by molar-refractivity contribution is 9.10. The Balaban J connectivity index is 1.68. The van der Waals surface area contributed by atoms with Crippen LogP contribution in [0.4, 0.5) is 11.8 Å². The molecule has 0 bridgehead atoms. The Hall–Kier alpha value is -0.920. The highest BCUT2D eigenvalue weighted by Crippen LogP contribution is 2.29. The Labute approximate surface area is 121 Å². The van der Waals surface area contributed by atoms with E-state index in [1.54, 1.807) is 6.20 Å². The molecule has 2 saturated heterocycles. The maximum absolute atomic E-state index is 5.35. The summed E-state index contributed by atoms with van der Waals surface area (Å²) in [5, 5.41) is 3.52. The van der Waals surface area contributed by atoms with Crippen molar-refractivity contribution in [1.82, 2.24) is 14.9 Å². The lowest BCUT2D eigenvalue weighted by atomic mass is 9.98. The van der Waals surface area contributed by atoms with E-state index in [1.807, 2.05) is 0 Å². The van der Waals surface area contributed by atoms with E-state index in [0.717, 1.165) is 16.3 Å². The van der Waals surface area contributed by atoms with Crippen molar-refractivity contribution >= 4 is 27.7 Å². The zero-order valence-corrected chi connectivity index (χ0v) is 12.4. The van der Waals surface area contributed by atoms with Crippen molar-refractivity contribution in [2.24, 2.45) is 5.84 Å². The zero-order chi connectivity index (χ0) is 13.2. The second-order valence-corrected chi connectivity index (χ2v) is 6.09. The van der Waals surface area contributed by atoms with Gasteiger partial charge in [-0.1, -0.05) is 0 Å². The van der Waals surface area contributed by atoms with Crippen LogP contribution in [0.3, 0.4) is 0 Å². The number of nitrogens with zero attached hydrogens (tertiary/aromatic N) is 3. The van der Waals surface area contributed by atoms with E-state index in [-0.39, 0.29) is 0 Å². The molecule has 0 aromatic carbocycles. The Kier molecular flexibility index (Phi) is 3.86. The molecule has 2 unspecified atom stereocenters. The first kappa shape index (κ1) is 13.1. The lowest BCUT2D eigenvalue weighted by Gasteiger charge is -2.35. The van der Waals surface area contributed by atoms with Crippen molar-refractivity contribution in [3.8, 4) is 0 Å². The molecular weight excluding hydrogens is 308 g/mol. The molecule has 3 heterocycles. The Morgan fingerprint density at radius 2 is 2.26 bits per heavy atom. The topological polar surface area (TPSA) is 79.1 Å². The first-order chi connectivity index (χ1) is 9.26. The van der Waals surface area contributed by atoms with Crippen molar-refractivity contribution in [2.75, 3.05) is 23.8 Å². The summed E-state index contributed by atoms with van der Waals surface area (Å²) in [6, 6.07) is 1.23. The lowest BCUT2D eigenvalue weighted by molar-refractivity contribution is 0.188. The summed E-state index contributed by atoms with van der Waals surface area (Å²) in [6.45, 7) is 2.46. The number of hydrogen-bond acceptors (Lipinski definition) is 6. The third-order valence-corrected chi connectivity index (χ3v) is 4.61. The highest BCUT2D eigenvalue weighted by atomic mass is 79.9. The monoisotopic (exact) mass is 326 g/mol. The third-order valence-electron chi connectivity index (χ3n) is 4.03. The van der Waals surface area contributed by atoms with Crippen molar-refractivity contribution in [3.63, 3.8) is 0 Å². The Morgan fingerprint density at radius 1 is 1.37 bits per heavy atom. The molecular formula is C12H19BrN6. The molecule has 1 aromatic rings. The molecule has 4 N–H and O–H groups in total. The standard InChI is InChI=1S/C12H19BrN6/c13-10-7-15-12(18-14)17-11(10)16-8-3-5-19-4-1-2-9(19)6-8/h7-9H,1-6,14H2,(H2,15,16,17,18). The van der Waals surface area contributed by atoms with Crippen LogP contribution in [-0.4, -0.2) is 40.0 Å². The average molecular weight is 327 g/mol. The van der Waals surface area contributed by atoms with Crippen LogP contribution in [0.25, 0.3) is 0 Å². The summed E-state index contributed by atoms with van der Waals surface area (Å²) in [7, 11) is 0. The van der Waals surface area contributed by atoms with Gasteiger partial charge in [0.1, 0.15) is 5.82 Å². The second kappa shape index (κ2) is 5.60. The normalized spacial score (nSPS) is 27.1. The van der Waals surface area contributed by atoms with E-state index in [9.17, 15) is 0 Å². The number of halogens is 1. The molecule has 2 aliphatic rings. The van der Waals surface area contributed by atoms with Gasteiger partial charge in [-0.15, -0.1) is 0 Å². The molecule has 3 rings (SSSR count). The van der Waals surface area contributed by atoms with Gasteiger partial charge < -0.3 is 10.2 Å². The first-order valence-electron chi connectivity index (χ1n) is 6.76. The summed E-state index contributed by atoms with van der Waals surface area (Å²) in [6.07, 6.45) is 6.75. The minimum atomic E-state index is 0.434. The van der Waals surface area contributed by atoms with Gasteiger partial charge in [0.25, 0.3) is 0 Å². The van der Waals surface area contributed by atoms with Crippen LogP contribution in [0.15, 0.2) is 10.7 Å². The van der Waals surface area contributed by atoms with Gasteiger partial charge in [-0.3, -0.25) is 5.43 Å². The van der Waals surface area contributed by atoms with E-state index < -0.39 is 0 Å².